The molecule has 0 N–H and O–H groups in total. The minimum Gasteiger partial charge on any atom is -0.338 e. The summed E-state index contributed by atoms with van der Waals surface area (Å²) in [6, 6.07) is 55.2. The molecule has 1 unspecified atom stereocenters. The molecule has 0 bridgehead atoms. The first-order chi connectivity index (χ1) is 27.2. The van der Waals surface area contributed by atoms with E-state index in [-0.39, 0.29) is 11.0 Å². The average Bonchev–Trinajstić information content (AvgIpc) is 3.44. The van der Waals surface area contributed by atoms with Crippen molar-refractivity contribution in [1.29, 1.82) is 0 Å². The summed E-state index contributed by atoms with van der Waals surface area (Å²) >= 11 is 0. The highest BCUT2D eigenvalue weighted by Gasteiger charge is 2.38. The quantitative estimate of drug-likeness (QED) is 0.163. The van der Waals surface area contributed by atoms with E-state index in [1.807, 2.05) is 0 Å². The number of hydrogen-bond donors (Lipinski definition) is 0. The lowest BCUT2D eigenvalue weighted by Crippen LogP contribution is -2.44. The second-order valence-corrected chi connectivity index (χ2v) is 17.5. The van der Waals surface area contributed by atoms with Crippen molar-refractivity contribution in [2.45, 2.75) is 77.3 Å². The Morgan fingerprint density at radius 3 is 1.93 bits per heavy atom. The van der Waals surface area contributed by atoms with Gasteiger partial charge in [0.2, 0.25) is 0 Å². The largest absolute Gasteiger partial charge is 0.338 e. The fourth-order valence-electron chi connectivity index (χ4n) is 10.1. The summed E-state index contributed by atoms with van der Waals surface area (Å²) < 4.78 is 0. The fourth-order valence-corrected chi connectivity index (χ4v) is 10.1. The number of nitrogens with zero attached hydrogens (tertiary/aromatic N) is 2. The van der Waals surface area contributed by atoms with Gasteiger partial charge in [0, 0.05) is 45.1 Å². The second-order valence-electron chi connectivity index (χ2n) is 17.5. The van der Waals surface area contributed by atoms with Crippen LogP contribution in [-0.4, -0.2) is 11.6 Å². The van der Waals surface area contributed by atoms with Crippen molar-refractivity contribution in [2.24, 2.45) is 0 Å². The van der Waals surface area contributed by atoms with Crippen LogP contribution >= 0.6 is 0 Å². The van der Waals surface area contributed by atoms with Gasteiger partial charge in [-0.1, -0.05) is 141 Å². The predicted octanol–water partition coefficient (Wildman–Crippen LogP) is 14.3. The third kappa shape index (κ3) is 5.61. The molecule has 0 spiro atoms. The van der Waals surface area contributed by atoms with Gasteiger partial charge in [-0.25, -0.2) is 0 Å². The molecular formula is C54H50N2. The standard InChI is InChI=1S/C54H50N2/c1-36-18-24-40-12-6-10-16-50(40)55(36)52-31-30-43(44-14-8-9-15-47(44)52)39-25-21-37(22-26-39)19-20-38-23-28-45-46-29-27-42(35-49(46)54(4,5)48(45)34-38)56-51-17-11-7-13-41(51)32-33-53(56,2)3/h6-17,19-23,25-31,34-36H,18,24,32-33H2,1-5H3. The molecular weight excluding hydrogens is 677 g/mol. The van der Waals surface area contributed by atoms with Crippen molar-refractivity contribution in [3.63, 3.8) is 0 Å². The van der Waals surface area contributed by atoms with Crippen LogP contribution in [0.15, 0.2) is 146 Å². The summed E-state index contributed by atoms with van der Waals surface area (Å²) in [6.45, 7) is 11.9. The summed E-state index contributed by atoms with van der Waals surface area (Å²) in [6.07, 6.45) is 9.09. The average molecular weight is 727 g/mol. The Labute approximate surface area is 332 Å². The molecule has 1 atom stereocenters. The van der Waals surface area contributed by atoms with E-state index in [4.69, 9.17) is 0 Å². The topological polar surface area (TPSA) is 6.48 Å². The zero-order chi connectivity index (χ0) is 38.2. The number of aryl methyl sites for hydroxylation is 2. The Morgan fingerprint density at radius 2 is 1.14 bits per heavy atom. The lowest BCUT2D eigenvalue weighted by molar-refractivity contribution is 0.447. The third-order valence-corrected chi connectivity index (χ3v) is 13.2. The molecule has 2 nitrogen and oxygen atoms in total. The highest BCUT2D eigenvalue weighted by Crippen LogP contribution is 2.52. The zero-order valence-corrected chi connectivity index (χ0v) is 33.3. The third-order valence-electron chi connectivity index (χ3n) is 13.2. The van der Waals surface area contributed by atoms with Crippen LogP contribution in [0.5, 0.6) is 0 Å². The summed E-state index contributed by atoms with van der Waals surface area (Å²) in [5.74, 6) is 0. The first-order valence-electron chi connectivity index (χ1n) is 20.5. The molecule has 56 heavy (non-hydrogen) atoms. The molecule has 276 valence electrons. The van der Waals surface area contributed by atoms with E-state index >= 15 is 0 Å². The molecule has 0 fully saturated rings. The van der Waals surface area contributed by atoms with Gasteiger partial charge in [-0.05, 0) is 138 Å². The minimum atomic E-state index is -0.0978. The minimum absolute atomic E-state index is 0.0476. The summed E-state index contributed by atoms with van der Waals surface area (Å²) in [5, 5.41) is 2.60. The van der Waals surface area contributed by atoms with E-state index in [0.29, 0.717) is 6.04 Å². The monoisotopic (exact) mass is 726 g/mol. The van der Waals surface area contributed by atoms with Gasteiger partial charge in [-0.15, -0.1) is 0 Å². The van der Waals surface area contributed by atoms with Gasteiger partial charge >= 0.3 is 0 Å². The molecule has 0 aromatic heterocycles. The Balaban J connectivity index is 0.919. The van der Waals surface area contributed by atoms with Gasteiger partial charge in [0.1, 0.15) is 0 Å². The maximum atomic E-state index is 2.58. The number of rotatable bonds is 5. The lowest BCUT2D eigenvalue weighted by Gasteiger charge is -2.45. The van der Waals surface area contributed by atoms with Crippen LogP contribution in [0.3, 0.4) is 0 Å². The molecule has 7 aromatic rings. The smallest absolute Gasteiger partial charge is 0.0493 e. The maximum absolute atomic E-state index is 2.58. The van der Waals surface area contributed by atoms with Gasteiger partial charge in [0.25, 0.3) is 0 Å². The van der Waals surface area contributed by atoms with Gasteiger partial charge in [-0.2, -0.15) is 0 Å². The highest BCUT2D eigenvalue weighted by atomic mass is 15.2. The summed E-state index contributed by atoms with van der Waals surface area (Å²) in [4.78, 5) is 5.14. The van der Waals surface area contributed by atoms with Crippen LogP contribution in [0.4, 0.5) is 22.7 Å². The number of anilines is 4. The first kappa shape index (κ1) is 34.6. The van der Waals surface area contributed by atoms with Crippen LogP contribution in [0.25, 0.3) is 45.2 Å². The Hall–Kier alpha value is -5.86. The fraction of sp³-hybridized carbons (Fsp3) is 0.222. The van der Waals surface area contributed by atoms with Crippen LogP contribution in [0, 0.1) is 0 Å². The molecule has 0 saturated heterocycles. The van der Waals surface area contributed by atoms with E-state index in [1.54, 1.807) is 0 Å². The van der Waals surface area contributed by atoms with E-state index in [2.05, 4.69) is 202 Å². The molecule has 2 heterocycles. The van der Waals surface area contributed by atoms with Crippen molar-refractivity contribution in [1.82, 2.24) is 0 Å². The summed E-state index contributed by atoms with van der Waals surface area (Å²) in [7, 11) is 0. The summed E-state index contributed by atoms with van der Waals surface area (Å²) in [5.41, 5.74) is 18.6. The number of benzene rings is 7. The molecule has 2 aliphatic heterocycles. The molecule has 7 aromatic carbocycles. The van der Waals surface area contributed by atoms with Crippen molar-refractivity contribution in [2.75, 3.05) is 9.80 Å². The first-order valence-corrected chi connectivity index (χ1v) is 20.5. The molecule has 2 heteroatoms. The maximum Gasteiger partial charge on any atom is 0.0493 e. The highest BCUT2D eigenvalue weighted by molar-refractivity contribution is 6.05. The van der Waals surface area contributed by atoms with Crippen LogP contribution in [0.1, 0.15) is 80.8 Å². The van der Waals surface area contributed by atoms with Crippen LogP contribution in [0.2, 0.25) is 0 Å². The van der Waals surface area contributed by atoms with Gasteiger partial charge < -0.3 is 9.80 Å². The van der Waals surface area contributed by atoms with Gasteiger partial charge in [0.05, 0.1) is 0 Å². The normalized spacial score (nSPS) is 17.8. The van der Waals surface area contributed by atoms with E-state index in [1.165, 1.54) is 89.2 Å². The molecule has 3 aliphatic rings. The molecule has 0 saturated carbocycles. The van der Waals surface area contributed by atoms with Crippen molar-refractivity contribution in [3.8, 4) is 22.3 Å². The number of hydrogen-bond acceptors (Lipinski definition) is 2. The Bertz CT molecular complexity index is 2680. The second kappa shape index (κ2) is 13.1. The van der Waals surface area contributed by atoms with E-state index < -0.39 is 0 Å². The Kier molecular flexibility index (Phi) is 8.11. The molecule has 1 aliphatic carbocycles. The van der Waals surface area contributed by atoms with Crippen molar-refractivity contribution < 1.29 is 0 Å². The predicted molar refractivity (Wildman–Crippen MR) is 240 cm³/mol. The number of para-hydroxylation sites is 2. The number of fused-ring (bicyclic) bond motifs is 6. The molecule has 10 rings (SSSR count). The van der Waals surface area contributed by atoms with Crippen molar-refractivity contribution >= 4 is 45.7 Å². The van der Waals surface area contributed by atoms with Gasteiger partial charge in [0.15, 0.2) is 0 Å². The SMILES string of the molecule is CC1CCc2ccccc2N1c1ccc(-c2ccc(C=Cc3ccc4c(c3)C(C)(C)c3cc(N5c6ccccc6CCC5(C)C)ccc3-4)cc2)c2ccccc12. The van der Waals surface area contributed by atoms with Crippen LogP contribution in [-0.2, 0) is 18.3 Å². The molecule has 0 amide bonds. The van der Waals surface area contributed by atoms with E-state index in [9.17, 15) is 0 Å². The van der Waals surface area contributed by atoms with Crippen LogP contribution < -0.4 is 9.80 Å². The van der Waals surface area contributed by atoms with Crippen molar-refractivity contribution in [3.05, 3.63) is 179 Å². The molecule has 0 radical (unpaired) electrons. The zero-order valence-electron chi connectivity index (χ0n) is 33.3. The van der Waals surface area contributed by atoms with E-state index in [0.717, 1.165) is 25.7 Å². The van der Waals surface area contributed by atoms with Gasteiger partial charge in [-0.3, -0.25) is 0 Å². The Morgan fingerprint density at radius 1 is 0.536 bits per heavy atom. The lowest BCUT2D eigenvalue weighted by atomic mass is 9.81.